The van der Waals surface area contributed by atoms with Gasteiger partial charge in [0.2, 0.25) is 0 Å². The van der Waals surface area contributed by atoms with E-state index in [0.717, 1.165) is 16.8 Å². The van der Waals surface area contributed by atoms with E-state index in [1.54, 1.807) is 6.20 Å². The van der Waals surface area contributed by atoms with E-state index in [-0.39, 0.29) is 24.8 Å². The quantitative estimate of drug-likeness (QED) is 0.834. The molecule has 98 valence electrons. The monoisotopic (exact) mass is 362 g/mol. The van der Waals surface area contributed by atoms with Gasteiger partial charge in [-0.05, 0) is 41.4 Å². The molecule has 0 saturated carbocycles. The third-order valence-electron chi connectivity index (χ3n) is 2.38. The van der Waals surface area contributed by atoms with Gasteiger partial charge in [0.25, 0.3) is 0 Å². The van der Waals surface area contributed by atoms with E-state index in [2.05, 4.69) is 26.2 Å². The molecule has 0 spiro atoms. The summed E-state index contributed by atoms with van der Waals surface area (Å²) < 4.78 is 6.38. The molecule has 0 amide bonds. The molecule has 1 atom stereocenters. The molecule has 0 aliphatic carbocycles. The normalized spacial score (nSPS) is 18.1. The molecule has 0 bridgehead atoms. The van der Waals surface area contributed by atoms with Crippen LogP contribution in [0.15, 0.2) is 16.7 Å². The maximum Gasteiger partial charge on any atom is 0.143 e. The van der Waals surface area contributed by atoms with Crippen molar-refractivity contribution in [2.75, 3.05) is 13.2 Å². The molecule has 1 aromatic heterocycles. The summed E-state index contributed by atoms with van der Waals surface area (Å²) in [6.45, 7) is 1.78. The number of rotatable bonds is 3. The number of halogens is 4. The lowest BCUT2D eigenvalue weighted by Gasteiger charge is -2.11. The highest BCUT2D eigenvalue weighted by atomic mass is 79.9. The molecular weight excluding hydrogens is 350 g/mol. The maximum absolute atomic E-state index is 5.78. The third kappa shape index (κ3) is 5.18. The van der Waals surface area contributed by atoms with Crippen molar-refractivity contribution in [1.82, 2.24) is 10.3 Å². The van der Waals surface area contributed by atoms with Gasteiger partial charge in [-0.3, -0.25) is 0 Å². The predicted octanol–water partition coefficient (Wildman–Crippen LogP) is 3.47. The highest BCUT2D eigenvalue weighted by Crippen LogP contribution is 2.24. The zero-order valence-electron chi connectivity index (χ0n) is 8.99. The smallest absolute Gasteiger partial charge is 0.143 e. The lowest BCUT2D eigenvalue weighted by molar-refractivity contribution is 0.276. The van der Waals surface area contributed by atoms with E-state index in [0.29, 0.717) is 17.8 Å². The Morgan fingerprint density at radius 1 is 1.53 bits per heavy atom. The Hall–Kier alpha value is 0.260. The number of hydrogen-bond donors (Lipinski definition) is 1. The number of nitrogens with one attached hydrogen (secondary N) is 1. The fourth-order valence-electron chi connectivity index (χ4n) is 1.58. The highest BCUT2D eigenvalue weighted by Gasteiger charge is 2.14. The fraction of sp³-hybridized carbons (Fsp3) is 0.500. The number of ether oxygens (including phenoxy) is 1. The standard InChI is InChI=1S/C10H12BrClN2O.2ClH/c11-9-4-8(5-14-10(9)12)15-6-7-2-1-3-13-7;;/h4-5,7,13H,1-3,6H2;2*1H/t7-;;/m1../s1. The Bertz CT molecular complexity index is 348. The minimum Gasteiger partial charge on any atom is -0.490 e. The predicted molar refractivity (Wildman–Crippen MR) is 78.0 cm³/mol. The lowest BCUT2D eigenvalue weighted by atomic mass is 10.2. The number of hydrogen-bond acceptors (Lipinski definition) is 3. The molecule has 3 nitrogen and oxygen atoms in total. The maximum atomic E-state index is 5.78. The van der Waals surface area contributed by atoms with Gasteiger partial charge in [-0.2, -0.15) is 0 Å². The lowest BCUT2D eigenvalue weighted by Crippen LogP contribution is -2.28. The van der Waals surface area contributed by atoms with Gasteiger partial charge in [0.1, 0.15) is 17.5 Å². The first-order chi connectivity index (χ1) is 7.25. The second-order valence-electron chi connectivity index (χ2n) is 3.55. The van der Waals surface area contributed by atoms with Crippen molar-refractivity contribution < 1.29 is 4.74 Å². The van der Waals surface area contributed by atoms with E-state index in [9.17, 15) is 0 Å². The van der Waals surface area contributed by atoms with Gasteiger partial charge in [0.05, 0.1) is 10.7 Å². The largest absolute Gasteiger partial charge is 0.490 e. The summed E-state index contributed by atoms with van der Waals surface area (Å²) in [6, 6.07) is 2.31. The minimum atomic E-state index is 0. The summed E-state index contributed by atoms with van der Waals surface area (Å²) >= 11 is 9.09. The fourth-order valence-corrected chi connectivity index (χ4v) is 2.01. The highest BCUT2D eigenvalue weighted by molar-refractivity contribution is 9.10. The van der Waals surface area contributed by atoms with Crippen molar-refractivity contribution in [1.29, 1.82) is 0 Å². The molecule has 2 rings (SSSR count). The van der Waals surface area contributed by atoms with E-state index < -0.39 is 0 Å². The Morgan fingerprint density at radius 2 is 2.29 bits per heavy atom. The van der Waals surface area contributed by atoms with Crippen molar-refractivity contribution in [3.8, 4) is 5.75 Å². The average Bonchev–Trinajstić information content (AvgIpc) is 2.73. The van der Waals surface area contributed by atoms with E-state index in [1.165, 1.54) is 12.8 Å². The van der Waals surface area contributed by atoms with Gasteiger partial charge in [-0.15, -0.1) is 24.8 Å². The zero-order valence-corrected chi connectivity index (χ0v) is 13.0. The summed E-state index contributed by atoms with van der Waals surface area (Å²) in [5.74, 6) is 0.750. The summed E-state index contributed by atoms with van der Waals surface area (Å²) in [4.78, 5) is 4.00. The molecule has 1 aromatic rings. The van der Waals surface area contributed by atoms with Crippen LogP contribution in [0.4, 0.5) is 0 Å². The van der Waals surface area contributed by atoms with Gasteiger partial charge in [-0.1, -0.05) is 11.6 Å². The SMILES string of the molecule is Cl.Cl.Clc1ncc(OC[C@H]2CCCN2)cc1Br. The Morgan fingerprint density at radius 3 is 2.88 bits per heavy atom. The van der Waals surface area contributed by atoms with Gasteiger partial charge in [0, 0.05) is 6.04 Å². The van der Waals surface area contributed by atoms with Crippen LogP contribution in [-0.4, -0.2) is 24.2 Å². The molecule has 0 aromatic carbocycles. The molecule has 1 aliphatic rings. The van der Waals surface area contributed by atoms with Gasteiger partial charge in [-0.25, -0.2) is 4.98 Å². The number of aromatic nitrogens is 1. The van der Waals surface area contributed by atoms with Crippen LogP contribution >= 0.6 is 52.3 Å². The summed E-state index contributed by atoms with van der Waals surface area (Å²) in [7, 11) is 0. The van der Waals surface area contributed by atoms with E-state index in [1.807, 2.05) is 6.07 Å². The second-order valence-corrected chi connectivity index (χ2v) is 4.76. The van der Waals surface area contributed by atoms with Crippen LogP contribution < -0.4 is 10.1 Å². The van der Waals surface area contributed by atoms with Crippen LogP contribution in [0, 0.1) is 0 Å². The van der Waals surface area contributed by atoms with Gasteiger partial charge >= 0.3 is 0 Å². The van der Waals surface area contributed by atoms with Crippen LogP contribution in [0.3, 0.4) is 0 Å². The Balaban J connectivity index is 0.00000128. The molecule has 1 fully saturated rings. The molecule has 2 heterocycles. The molecular formula is C10H14BrCl3N2O. The van der Waals surface area contributed by atoms with Gasteiger partial charge < -0.3 is 10.1 Å². The number of nitrogens with zero attached hydrogens (tertiary/aromatic N) is 1. The van der Waals surface area contributed by atoms with Crippen LogP contribution in [0.1, 0.15) is 12.8 Å². The van der Waals surface area contributed by atoms with Crippen molar-refractivity contribution in [2.45, 2.75) is 18.9 Å². The van der Waals surface area contributed by atoms with Crippen molar-refractivity contribution in [2.24, 2.45) is 0 Å². The molecule has 1 aliphatic heterocycles. The third-order valence-corrected chi connectivity index (χ3v) is 3.52. The molecule has 1 saturated heterocycles. The summed E-state index contributed by atoms with van der Waals surface area (Å²) in [5.41, 5.74) is 0. The molecule has 0 unspecified atom stereocenters. The van der Waals surface area contributed by atoms with Crippen LogP contribution in [-0.2, 0) is 0 Å². The first-order valence-electron chi connectivity index (χ1n) is 4.93. The molecule has 0 radical (unpaired) electrons. The average molecular weight is 364 g/mol. The first-order valence-corrected chi connectivity index (χ1v) is 6.10. The van der Waals surface area contributed by atoms with E-state index in [4.69, 9.17) is 16.3 Å². The van der Waals surface area contributed by atoms with Crippen LogP contribution in [0.5, 0.6) is 5.75 Å². The van der Waals surface area contributed by atoms with Crippen molar-refractivity contribution >= 4 is 52.3 Å². The van der Waals surface area contributed by atoms with E-state index >= 15 is 0 Å². The summed E-state index contributed by atoms with van der Waals surface area (Å²) in [5, 5.41) is 3.83. The van der Waals surface area contributed by atoms with Crippen molar-refractivity contribution in [3.05, 3.63) is 21.9 Å². The van der Waals surface area contributed by atoms with Crippen LogP contribution in [0.25, 0.3) is 0 Å². The second kappa shape index (κ2) is 8.38. The first kappa shape index (κ1) is 17.3. The van der Waals surface area contributed by atoms with Gasteiger partial charge in [0.15, 0.2) is 0 Å². The van der Waals surface area contributed by atoms with Crippen LogP contribution in [0.2, 0.25) is 5.15 Å². The zero-order chi connectivity index (χ0) is 10.7. The summed E-state index contributed by atoms with van der Waals surface area (Å²) in [6.07, 6.45) is 4.06. The molecule has 17 heavy (non-hydrogen) atoms. The molecule has 7 heteroatoms. The number of pyridine rings is 1. The minimum absolute atomic E-state index is 0. The topological polar surface area (TPSA) is 34.1 Å². The van der Waals surface area contributed by atoms with Crippen molar-refractivity contribution in [3.63, 3.8) is 0 Å². The Labute approximate surface area is 127 Å². The Kier molecular flexibility index (Phi) is 8.51. The molecule has 1 N–H and O–H groups in total.